The summed E-state index contributed by atoms with van der Waals surface area (Å²) in [6.07, 6.45) is 0. The molecule has 1 heterocycles. The van der Waals surface area contributed by atoms with Crippen LogP contribution in [0.25, 0.3) is 0 Å². The van der Waals surface area contributed by atoms with Crippen LogP contribution >= 0.6 is 58.5 Å². The highest BCUT2D eigenvalue weighted by Crippen LogP contribution is 2.33. The van der Waals surface area contributed by atoms with E-state index in [0.717, 1.165) is 10.8 Å². The highest BCUT2D eigenvalue weighted by molar-refractivity contribution is 14.0. The fourth-order valence-corrected chi connectivity index (χ4v) is 3.46. The van der Waals surface area contributed by atoms with Crippen LogP contribution in [0.4, 0.5) is 13.9 Å². The van der Waals surface area contributed by atoms with Crippen molar-refractivity contribution in [3.05, 3.63) is 38.8 Å². The minimum Gasteiger partial charge on any atom is -0.433 e. The van der Waals surface area contributed by atoms with Crippen molar-refractivity contribution in [3.63, 3.8) is 0 Å². The molecular formula is C16H20Cl2F2IN5OS. The molecule has 2 rings (SSSR count). The molecule has 0 saturated heterocycles. The molecular weight excluding hydrogens is 546 g/mol. The molecule has 0 bridgehead atoms. The Morgan fingerprint density at radius 2 is 1.96 bits per heavy atom. The maximum Gasteiger partial charge on any atom is 0.387 e. The summed E-state index contributed by atoms with van der Waals surface area (Å²) < 4.78 is 29.8. The number of nitrogens with one attached hydrogen (secondary N) is 2. The van der Waals surface area contributed by atoms with Crippen molar-refractivity contribution in [2.45, 2.75) is 19.7 Å². The van der Waals surface area contributed by atoms with E-state index in [-0.39, 0.29) is 41.3 Å². The Labute approximate surface area is 193 Å². The number of benzene rings is 1. The average Bonchev–Trinajstić information content (AvgIpc) is 3.07. The van der Waals surface area contributed by atoms with Gasteiger partial charge >= 0.3 is 6.61 Å². The molecule has 0 atom stereocenters. The molecule has 0 unspecified atom stereocenters. The predicted molar refractivity (Wildman–Crippen MR) is 122 cm³/mol. The Kier molecular flexibility index (Phi) is 10.5. The number of alkyl halides is 2. The highest BCUT2D eigenvalue weighted by atomic mass is 127. The van der Waals surface area contributed by atoms with Crippen LogP contribution in [0, 0.1) is 0 Å². The number of hydrogen-bond acceptors (Lipinski definition) is 5. The van der Waals surface area contributed by atoms with Crippen molar-refractivity contribution >= 4 is 69.6 Å². The first-order valence-corrected chi connectivity index (χ1v) is 9.42. The second-order valence-corrected chi connectivity index (χ2v) is 7.23. The van der Waals surface area contributed by atoms with Crippen molar-refractivity contribution in [3.8, 4) is 5.75 Å². The minimum absolute atomic E-state index is 0. The Balaban J connectivity index is 0.00000392. The van der Waals surface area contributed by atoms with Gasteiger partial charge in [0.15, 0.2) is 11.1 Å². The molecule has 0 aliphatic heterocycles. The van der Waals surface area contributed by atoms with Gasteiger partial charge < -0.3 is 20.3 Å². The monoisotopic (exact) mass is 565 g/mol. The van der Waals surface area contributed by atoms with E-state index in [2.05, 4.69) is 25.3 Å². The van der Waals surface area contributed by atoms with E-state index in [4.69, 9.17) is 23.2 Å². The van der Waals surface area contributed by atoms with Crippen LogP contribution in [0.2, 0.25) is 10.0 Å². The van der Waals surface area contributed by atoms with E-state index < -0.39 is 6.61 Å². The lowest BCUT2D eigenvalue weighted by atomic mass is 10.2. The van der Waals surface area contributed by atoms with Gasteiger partial charge in [-0.15, -0.1) is 35.3 Å². The number of hydrogen-bond donors (Lipinski definition) is 2. The molecule has 0 aliphatic carbocycles. The molecule has 0 amide bonds. The molecule has 2 aromatic rings. The Hall–Kier alpha value is -1.11. The normalized spacial score (nSPS) is 11.2. The molecule has 0 saturated carbocycles. The lowest BCUT2D eigenvalue weighted by Gasteiger charge is -2.15. The van der Waals surface area contributed by atoms with Gasteiger partial charge in [-0.25, -0.2) is 4.98 Å². The fourth-order valence-electron chi connectivity index (χ4n) is 2.12. The van der Waals surface area contributed by atoms with Crippen molar-refractivity contribution in [2.24, 2.45) is 4.99 Å². The molecule has 0 aliphatic rings. The summed E-state index contributed by atoms with van der Waals surface area (Å²) in [7, 11) is 5.44. The van der Waals surface area contributed by atoms with Crippen LogP contribution in [-0.2, 0) is 13.1 Å². The summed E-state index contributed by atoms with van der Waals surface area (Å²) in [6.45, 7) is -2.39. The molecule has 0 radical (unpaired) electrons. The van der Waals surface area contributed by atoms with E-state index in [1.807, 2.05) is 24.4 Å². The Morgan fingerprint density at radius 3 is 2.54 bits per heavy atom. The van der Waals surface area contributed by atoms with E-state index in [1.54, 1.807) is 7.05 Å². The van der Waals surface area contributed by atoms with E-state index in [1.165, 1.54) is 23.5 Å². The molecule has 6 nitrogen and oxygen atoms in total. The molecule has 156 valence electrons. The second-order valence-electron chi connectivity index (χ2n) is 5.55. The summed E-state index contributed by atoms with van der Waals surface area (Å²) in [6, 6.07) is 2.86. The van der Waals surface area contributed by atoms with E-state index >= 15 is 0 Å². The van der Waals surface area contributed by atoms with Crippen LogP contribution in [0.1, 0.15) is 11.3 Å². The summed E-state index contributed by atoms with van der Waals surface area (Å²) in [5, 5.41) is 9.30. The van der Waals surface area contributed by atoms with E-state index in [9.17, 15) is 8.78 Å². The first-order chi connectivity index (χ1) is 12.8. The number of aliphatic imine (C=N–C) groups is 1. The lowest BCUT2D eigenvalue weighted by molar-refractivity contribution is -0.0504. The van der Waals surface area contributed by atoms with Crippen LogP contribution in [0.15, 0.2) is 22.5 Å². The predicted octanol–water partition coefficient (Wildman–Crippen LogP) is 4.60. The molecule has 0 spiro atoms. The van der Waals surface area contributed by atoms with Crippen LogP contribution in [0.3, 0.4) is 0 Å². The molecule has 1 aromatic carbocycles. The zero-order valence-corrected chi connectivity index (χ0v) is 20.0. The minimum atomic E-state index is -2.99. The standard InChI is InChI=1S/C16H19Cl2F2N5OS.HI/c1-21-15(23-7-11-8-27-16(24-11)25(2)3)22-6-9-4-10(17)5-12(18)13(9)26-14(19)20;/h4-5,8,14H,6-7H2,1-3H3,(H2,21,22,23);1H. The molecule has 28 heavy (non-hydrogen) atoms. The first kappa shape index (κ1) is 24.9. The van der Waals surface area contributed by atoms with Gasteiger partial charge in [0.05, 0.1) is 17.3 Å². The third-order valence-electron chi connectivity index (χ3n) is 3.32. The zero-order valence-electron chi connectivity index (χ0n) is 15.3. The fraction of sp³-hybridized carbons (Fsp3) is 0.375. The maximum absolute atomic E-state index is 12.6. The largest absolute Gasteiger partial charge is 0.433 e. The lowest BCUT2D eigenvalue weighted by Crippen LogP contribution is -2.36. The summed E-state index contributed by atoms with van der Waals surface area (Å²) in [5.41, 5.74) is 1.25. The number of halogens is 5. The van der Waals surface area contributed by atoms with Crippen molar-refractivity contribution in [1.82, 2.24) is 15.6 Å². The van der Waals surface area contributed by atoms with Crippen molar-refractivity contribution in [2.75, 3.05) is 26.0 Å². The third-order valence-corrected chi connectivity index (χ3v) is 4.88. The number of guanidine groups is 1. The van der Waals surface area contributed by atoms with Gasteiger partial charge in [-0.1, -0.05) is 23.2 Å². The van der Waals surface area contributed by atoms with Crippen LogP contribution in [-0.4, -0.2) is 38.7 Å². The Bertz CT molecular complexity index is 807. The number of aromatic nitrogens is 1. The van der Waals surface area contributed by atoms with Gasteiger partial charge in [-0.05, 0) is 12.1 Å². The Morgan fingerprint density at radius 1 is 1.29 bits per heavy atom. The van der Waals surface area contributed by atoms with Gasteiger partial charge in [0.1, 0.15) is 5.75 Å². The SMILES string of the molecule is CN=C(NCc1csc(N(C)C)n1)NCc1cc(Cl)cc(Cl)c1OC(F)F.I. The number of rotatable bonds is 7. The maximum atomic E-state index is 12.6. The van der Waals surface area contributed by atoms with Gasteiger partial charge in [-0.2, -0.15) is 8.78 Å². The van der Waals surface area contributed by atoms with Gasteiger partial charge in [0, 0.05) is 43.7 Å². The molecule has 1 aromatic heterocycles. The smallest absolute Gasteiger partial charge is 0.387 e. The van der Waals surface area contributed by atoms with Crippen molar-refractivity contribution < 1.29 is 13.5 Å². The molecule has 0 fully saturated rings. The van der Waals surface area contributed by atoms with Gasteiger partial charge in [0.2, 0.25) is 0 Å². The molecule has 12 heteroatoms. The van der Waals surface area contributed by atoms with Crippen molar-refractivity contribution in [1.29, 1.82) is 0 Å². The van der Waals surface area contributed by atoms with Gasteiger partial charge in [-0.3, -0.25) is 4.99 Å². The zero-order chi connectivity index (χ0) is 20.0. The third kappa shape index (κ3) is 7.37. The van der Waals surface area contributed by atoms with Crippen LogP contribution < -0.4 is 20.3 Å². The number of nitrogens with zero attached hydrogens (tertiary/aromatic N) is 3. The quantitative estimate of drug-likeness (QED) is 0.292. The second kappa shape index (κ2) is 11.8. The summed E-state index contributed by atoms with van der Waals surface area (Å²) in [4.78, 5) is 10.5. The van der Waals surface area contributed by atoms with E-state index in [0.29, 0.717) is 23.1 Å². The topological polar surface area (TPSA) is 61.8 Å². The number of thiazole rings is 1. The summed E-state index contributed by atoms with van der Waals surface area (Å²) >= 11 is 13.5. The number of ether oxygens (including phenoxy) is 1. The van der Waals surface area contributed by atoms with Crippen LogP contribution in [0.5, 0.6) is 5.75 Å². The highest BCUT2D eigenvalue weighted by Gasteiger charge is 2.15. The average molecular weight is 566 g/mol. The van der Waals surface area contributed by atoms with Gasteiger partial charge in [0.25, 0.3) is 0 Å². The summed E-state index contributed by atoms with van der Waals surface area (Å²) in [5.74, 6) is 0.350. The first-order valence-electron chi connectivity index (χ1n) is 7.79. The number of anilines is 1. The molecule has 2 N–H and O–H groups in total.